The minimum Gasteiger partial charge on any atom is -0.493 e. The van der Waals surface area contributed by atoms with Crippen LogP contribution in [0, 0.1) is 0 Å². The van der Waals surface area contributed by atoms with Crippen molar-refractivity contribution in [1.29, 1.82) is 0 Å². The summed E-state index contributed by atoms with van der Waals surface area (Å²) < 4.78 is 16.1. The quantitative estimate of drug-likeness (QED) is 0.717. The van der Waals surface area contributed by atoms with Gasteiger partial charge in [0.05, 0.1) is 14.2 Å². The molecule has 16 heavy (non-hydrogen) atoms. The zero-order valence-corrected chi connectivity index (χ0v) is 10.1. The first-order valence-electron chi connectivity index (χ1n) is 5.38. The van der Waals surface area contributed by atoms with Crippen molar-refractivity contribution in [2.24, 2.45) is 0 Å². The highest BCUT2D eigenvalue weighted by Gasteiger charge is 2.10. The van der Waals surface area contributed by atoms with Crippen LogP contribution in [-0.4, -0.2) is 33.9 Å². The van der Waals surface area contributed by atoms with E-state index in [0.29, 0.717) is 23.9 Å². The first-order valence-corrected chi connectivity index (χ1v) is 5.38. The third-order valence-corrected chi connectivity index (χ3v) is 2.16. The summed E-state index contributed by atoms with van der Waals surface area (Å²) in [5.41, 5.74) is 0. The van der Waals surface area contributed by atoms with Gasteiger partial charge in [0.1, 0.15) is 6.61 Å². The highest BCUT2D eigenvalue weighted by molar-refractivity contribution is 5.51. The lowest BCUT2D eigenvalue weighted by Crippen LogP contribution is -2.20. The van der Waals surface area contributed by atoms with Crippen molar-refractivity contribution in [1.82, 2.24) is 5.32 Å². The monoisotopic (exact) mass is 225 g/mol. The summed E-state index contributed by atoms with van der Waals surface area (Å²) in [6, 6.07) is 5.57. The van der Waals surface area contributed by atoms with Crippen molar-refractivity contribution in [2.75, 3.05) is 33.9 Å². The van der Waals surface area contributed by atoms with Gasteiger partial charge in [-0.2, -0.15) is 0 Å². The number of nitrogens with one attached hydrogen (secondary N) is 1. The van der Waals surface area contributed by atoms with Crippen LogP contribution in [0.2, 0.25) is 0 Å². The summed E-state index contributed by atoms with van der Waals surface area (Å²) in [4.78, 5) is 0. The normalized spacial score (nSPS) is 9.94. The van der Waals surface area contributed by atoms with Crippen molar-refractivity contribution in [3.63, 3.8) is 0 Å². The van der Waals surface area contributed by atoms with Crippen molar-refractivity contribution < 1.29 is 14.2 Å². The minimum atomic E-state index is 0.588. The molecule has 0 heterocycles. The van der Waals surface area contributed by atoms with Crippen LogP contribution in [0.15, 0.2) is 18.2 Å². The summed E-state index contributed by atoms with van der Waals surface area (Å²) in [7, 11) is 3.23. The molecule has 0 aliphatic rings. The van der Waals surface area contributed by atoms with Gasteiger partial charge in [0, 0.05) is 6.54 Å². The number of rotatable bonds is 7. The van der Waals surface area contributed by atoms with Crippen molar-refractivity contribution in [3.05, 3.63) is 18.2 Å². The lowest BCUT2D eigenvalue weighted by atomic mass is 10.3. The largest absolute Gasteiger partial charge is 0.493 e. The van der Waals surface area contributed by atoms with Crippen molar-refractivity contribution >= 4 is 0 Å². The molecule has 0 radical (unpaired) electrons. The molecule has 1 aromatic rings. The summed E-state index contributed by atoms with van der Waals surface area (Å²) in [6.45, 7) is 4.39. The van der Waals surface area contributed by atoms with Gasteiger partial charge in [-0.25, -0.2) is 0 Å². The van der Waals surface area contributed by atoms with Crippen LogP contribution in [-0.2, 0) is 0 Å². The molecular formula is C12H19NO3. The third kappa shape index (κ3) is 3.31. The Labute approximate surface area is 96.5 Å². The molecule has 90 valence electrons. The van der Waals surface area contributed by atoms with Gasteiger partial charge in [0.2, 0.25) is 5.75 Å². The van der Waals surface area contributed by atoms with E-state index in [-0.39, 0.29) is 0 Å². The molecule has 0 aliphatic heterocycles. The Bertz CT molecular complexity index is 293. The van der Waals surface area contributed by atoms with E-state index in [1.54, 1.807) is 14.2 Å². The summed E-state index contributed by atoms with van der Waals surface area (Å²) in [6.07, 6.45) is 0. The topological polar surface area (TPSA) is 39.7 Å². The molecule has 0 saturated heterocycles. The van der Waals surface area contributed by atoms with Crippen LogP contribution in [0.5, 0.6) is 17.2 Å². The van der Waals surface area contributed by atoms with Crippen molar-refractivity contribution in [3.8, 4) is 17.2 Å². The Kier molecular flexibility index (Phi) is 5.50. The lowest BCUT2D eigenvalue weighted by molar-refractivity contribution is 0.274. The van der Waals surface area contributed by atoms with Gasteiger partial charge < -0.3 is 19.5 Å². The first-order chi connectivity index (χ1) is 7.83. The minimum absolute atomic E-state index is 0.588. The van der Waals surface area contributed by atoms with Crippen LogP contribution < -0.4 is 19.5 Å². The van der Waals surface area contributed by atoms with E-state index in [1.165, 1.54) is 0 Å². The second-order valence-electron chi connectivity index (χ2n) is 3.19. The van der Waals surface area contributed by atoms with E-state index >= 15 is 0 Å². The summed E-state index contributed by atoms with van der Waals surface area (Å²) in [5, 5.41) is 3.19. The van der Waals surface area contributed by atoms with Crippen LogP contribution in [0.25, 0.3) is 0 Å². The second-order valence-corrected chi connectivity index (χ2v) is 3.19. The molecule has 4 nitrogen and oxygen atoms in total. The second kappa shape index (κ2) is 6.95. The van der Waals surface area contributed by atoms with Gasteiger partial charge in [-0.15, -0.1) is 0 Å². The molecule has 0 bridgehead atoms. The molecule has 0 amide bonds. The Balaban J connectivity index is 2.67. The van der Waals surface area contributed by atoms with Gasteiger partial charge in [-0.3, -0.25) is 0 Å². The number of ether oxygens (including phenoxy) is 3. The van der Waals surface area contributed by atoms with E-state index in [4.69, 9.17) is 14.2 Å². The van der Waals surface area contributed by atoms with E-state index < -0.39 is 0 Å². The van der Waals surface area contributed by atoms with Crippen LogP contribution in [0.4, 0.5) is 0 Å². The Hall–Kier alpha value is -1.42. The molecular weight excluding hydrogens is 206 g/mol. The first kappa shape index (κ1) is 12.6. The third-order valence-electron chi connectivity index (χ3n) is 2.16. The molecule has 0 atom stereocenters. The predicted molar refractivity (Wildman–Crippen MR) is 63.6 cm³/mol. The zero-order chi connectivity index (χ0) is 11.8. The van der Waals surface area contributed by atoms with Crippen LogP contribution in [0.3, 0.4) is 0 Å². The molecule has 0 aromatic heterocycles. The standard InChI is InChI=1S/C12H19NO3/c1-4-13-8-9-16-12-10(14-2)6-5-7-11(12)15-3/h5-7,13H,4,8-9H2,1-3H3. The van der Waals surface area contributed by atoms with Gasteiger partial charge in [-0.1, -0.05) is 13.0 Å². The maximum absolute atomic E-state index is 5.64. The average Bonchev–Trinajstić information content (AvgIpc) is 2.34. The highest BCUT2D eigenvalue weighted by atomic mass is 16.5. The Morgan fingerprint density at radius 2 is 1.75 bits per heavy atom. The van der Waals surface area contributed by atoms with E-state index in [1.807, 2.05) is 18.2 Å². The Morgan fingerprint density at radius 1 is 1.12 bits per heavy atom. The number of hydrogen-bond donors (Lipinski definition) is 1. The molecule has 1 aromatic carbocycles. The SMILES string of the molecule is CCNCCOc1c(OC)cccc1OC. The molecule has 0 spiro atoms. The molecule has 4 heteroatoms. The van der Waals surface area contributed by atoms with E-state index in [0.717, 1.165) is 13.1 Å². The van der Waals surface area contributed by atoms with Crippen molar-refractivity contribution in [2.45, 2.75) is 6.92 Å². The van der Waals surface area contributed by atoms with Gasteiger partial charge in [-0.05, 0) is 18.7 Å². The number of likely N-dealkylation sites (N-methyl/N-ethyl adjacent to an activating group) is 1. The average molecular weight is 225 g/mol. The van der Waals surface area contributed by atoms with E-state index in [9.17, 15) is 0 Å². The zero-order valence-electron chi connectivity index (χ0n) is 10.1. The number of benzene rings is 1. The molecule has 0 aliphatic carbocycles. The maximum atomic E-state index is 5.64. The summed E-state index contributed by atoms with van der Waals surface area (Å²) in [5.74, 6) is 2.04. The smallest absolute Gasteiger partial charge is 0.203 e. The predicted octanol–water partition coefficient (Wildman–Crippen LogP) is 1.69. The van der Waals surface area contributed by atoms with Crippen LogP contribution >= 0.6 is 0 Å². The number of methoxy groups -OCH3 is 2. The van der Waals surface area contributed by atoms with Gasteiger partial charge in [0.25, 0.3) is 0 Å². The molecule has 1 rings (SSSR count). The molecule has 0 saturated carbocycles. The fraction of sp³-hybridized carbons (Fsp3) is 0.500. The highest BCUT2D eigenvalue weighted by Crippen LogP contribution is 2.36. The van der Waals surface area contributed by atoms with E-state index in [2.05, 4.69) is 12.2 Å². The number of hydrogen-bond acceptors (Lipinski definition) is 4. The Morgan fingerprint density at radius 3 is 2.25 bits per heavy atom. The lowest BCUT2D eigenvalue weighted by Gasteiger charge is -2.13. The molecule has 1 N–H and O–H groups in total. The fourth-order valence-corrected chi connectivity index (χ4v) is 1.36. The fourth-order valence-electron chi connectivity index (χ4n) is 1.36. The van der Waals surface area contributed by atoms with Gasteiger partial charge in [0.15, 0.2) is 11.5 Å². The van der Waals surface area contributed by atoms with Crippen LogP contribution in [0.1, 0.15) is 6.92 Å². The number of para-hydroxylation sites is 1. The molecule has 0 fully saturated rings. The van der Waals surface area contributed by atoms with Gasteiger partial charge >= 0.3 is 0 Å². The maximum Gasteiger partial charge on any atom is 0.203 e. The summed E-state index contributed by atoms with van der Waals surface area (Å²) >= 11 is 0. The molecule has 0 unspecified atom stereocenters.